The van der Waals surface area contributed by atoms with Crippen LogP contribution in [0.25, 0.3) is 5.70 Å². The molecule has 1 aromatic rings. The molecule has 100 valence electrons. The Hall–Kier alpha value is -0.860. The highest BCUT2D eigenvalue weighted by Crippen LogP contribution is 2.32. The van der Waals surface area contributed by atoms with E-state index in [2.05, 4.69) is 29.2 Å². The fourth-order valence-electron chi connectivity index (χ4n) is 2.56. The van der Waals surface area contributed by atoms with E-state index in [0.717, 1.165) is 5.75 Å². The Balaban J connectivity index is 0.000000810. The fourth-order valence-corrected chi connectivity index (χ4v) is 2.56. The predicted octanol–water partition coefficient (Wildman–Crippen LogP) is 3.75. The standard InChI is InChI=1S/C14H17NO.2ClH/c1-4-9-15(10-5-1)13-8-11-16-14-7-3-2-6-12(13)14;;/h2-3,6-8H,1,4-5,9-11H2;2*1H. The third kappa shape index (κ3) is 2.93. The zero-order chi connectivity index (χ0) is 10.8. The van der Waals surface area contributed by atoms with Crippen LogP contribution in [0.2, 0.25) is 0 Å². The van der Waals surface area contributed by atoms with Gasteiger partial charge in [-0.25, -0.2) is 0 Å². The van der Waals surface area contributed by atoms with E-state index in [1.165, 1.54) is 43.6 Å². The molecule has 0 spiro atoms. The molecule has 0 radical (unpaired) electrons. The van der Waals surface area contributed by atoms with E-state index >= 15 is 0 Å². The van der Waals surface area contributed by atoms with Gasteiger partial charge in [0.1, 0.15) is 12.4 Å². The molecule has 0 aromatic heterocycles. The highest BCUT2D eigenvalue weighted by atomic mass is 35.5. The minimum absolute atomic E-state index is 0. The normalized spacial score (nSPS) is 17.6. The quantitative estimate of drug-likeness (QED) is 0.780. The molecule has 18 heavy (non-hydrogen) atoms. The van der Waals surface area contributed by atoms with Gasteiger partial charge in [0.05, 0.1) is 0 Å². The molecule has 4 heteroatoms. The van der Waals surface area contributed by atoms with Gasteiger partial charge in [-0.1, -0.05) is 12.1 Å². The zero-order valence-corrected chi connectivity index (χ0v) is 11.9. The number of fused-ring (bicyclic) bond motifs is 1. The van der Waals surface area contributed by atoms with Gasteiger partial charge in [-0.15, -0.1) is 24.8 Å². The zero-order valence-electron chi connectivity index (χ0n) is 10.3. The second-order valence-corrected chi connectivity index (χ2v) is 4.44. The van der Waals surface area contributed by atoms with E-state index < -0.39 is 0 Å². The molecular weight excluding hydrogens is 269 g/mol. The summed E-state index contributed by atoms with van der Waals surface area (Å²) in [5.74, 6) is 1.03. The number of ether oxygens (including phenoxy) is 1. The maximum absolute atomic E-state index is 5.64. The summed E-state index contributed by atoms with van der Waals surface area (Å²) < 4.78 is 5.64. The lowest BCUT2D eigenvalue weighted by Crippen LogP contribution is -2.29. The van der Waals surface area contributed by atoms with E-state index in [1.807, 2.05) is 6.07 Å². The molecule has 0 unspecified atom stereocenters. The molecule has 2 aliphatic rings. The summed E-state index contributed by atoms with van der Waals surface area (Å²) in [5, 5.41) is 0. The summed E-state index contributed by atoms with van der Waals surface area (Å²) in [5.41, 5.74) is 2.64. The van der Waals surface area contributed by atoms with Gasteiger partial charge in [0.25, 0.3) is 0 Å². The second-order valence-electron chi connectivity index (χ2n) is 4.44. The minimum atomic E-state index is 0. The first-order valence-electron chi connectivity index (χ1n) is 6.12. The number of halogens is 2. The van der Waals surface area contributed by atoms with Crippen molar-refractivity contribution in [3.05, 3.63) is 35.9 Å². The van der Waals surface area contributed by atoms with Crippen LogP contribution in [-0.2, 0) is 0 Å². The molecule has 1 saturated heterocycles. The summed E-state index contributed by atoms with van der Waals surface area (Å²) in [6.45, 7) is 3.10. The maximum Gasteiger partial charge on any atom is 0.129 e. The molecule has 2 heterocycles. The lowest BCUT2D eigenvalue weighted by atomic mass is 10.0. The Morgan fingerprint density at radius 1 is 0.944 bits per heavy atom. The van der Waals surface area contributed by atoms with Crippen LogP contribution in [-0.4, -0.2) is 24.6 Å². The smallest absolute Gasteiger partial charge is 0.129 e. The molecule has 2 aliphatic heterocycles. The van der Waals surface area contributed by atoms with Crippen molar-refractivity contribution in [2.45, 2.75) is 19.3 Å². The molecule has 1 fully saturated rings. The van der Waals surface area contributed by atoms with Gasteiger partial charge in [0, 0.05) is 24.4 Å². The summed E-state index contributed by atoms with van der Waals surface area (Å²) in [6.07, 6.45) is 6.23. The summed E-state index contributed by atoms with van der Waals surface area (Å²) in [6, 6.07) is 8.35. The van der Waals surface area contributed by atoms with E-state index in [0.29, 0.717) is 6.61 Å². The monoisotopic (exact) mass is 287 g/mol. The van der Waals surface area contributed by atoms with Gasteiger partial charge in [-0.2, -0.15) is 0 Å². The van der Waals surface area contributed by atoms with Crippen molar-refractivity contribution in [1.82, 2.24) is 4.90 Å². The van der Waals surface area contributed by atoms with E-state index in [-0.39, 0.29) is 24.8 Å². The van der Waals surface area contributed by atoms with Crippen LogP contribution in [0, 0.1) is 0 Å². The molecule has 0 saturated carbocycles. The highest BCUT2D eigenvalue weighted by molar-refractivity contribution is 5.85. The van der Waals surface area contributed by atoms with Gasteiger partial charge in [0.2, 0.25) is 0 Å². The lowest BCUT2D eigenvalue weighted by Gasteiger charge is -2.33. The average Bonchev–Trinajstić information content (AvgIpc) is 2.39. The van der Waals surface area contributed by atoms with Crippen molar-refractivity contribution in [3.8, 4) is 5.75 Å². The molecule has 0 bridgehead atoms. The first-order valence-corrected chi connectivity index (χ1v) is 6.12. The van der Waals surface area contributed by atoms with Crippen molar-refractivity contribution < 1.29 is 4.74 Å². The Morgan fingerprint density at radius 2 is 1.67 bits per heavy atom. The molecular formula is C14H19Cl2NO. The predicted molar refractivity (Wildman–Crippen MR) is 79.8 cm³/mol. The molecule has 1 aromatic carbocycles. The van der Waals surface area contributed by atoms with Crippen LogP contribution in [0.3, 0.4) is 0 Å². The Morgan fingerprint density at radius 3 is 2.44 bits per heavy atom. The lowest BCUT2D eigenvalue weighted by molar-refractivity contribution is 0.308. The second kappa shape index (κ2) is 6.91. The minimum Gasteiger partial charge on any atom is -0.489 e. The van der Waals surface area contributed by atoms with Crippen molar-refractivity contribution >= 4 is 30.5 Å². The van der Waals surface area contributed by atoms with Gasteiger partial charge in [-0.05, 0) is 37.5 Å². The number of hydrogen-bond acceptors (Lipinski definition) is 2. The molecule has 3 rings (SSSR count). The fraction of sp³-hybridized carbons (Fsp3) is 0.429. The van der Waals surface area contributed by atoms with Crippen LogP contribution in [0.15, 0.2) is 30.3 Å². The van der Waals surface area contributed by atoms with Crippen LogP contribution in [0.4, 0.5) is 0 Å². The number of para-hydroxylation sites is 1. The van der Waals surface area contributed by atoms with Crippen molar-refractivity contribution in [3.63, 3.8) is 0 Å². The van der Waals surface area contributed by atoms with Gasteiger partial charge >= 0.3 is 0 Å². The van der Waals surface area contributed by atoms with Crippen LogP contribution >= 0.6 is 24.8 Å². The number of benzene rings is 1. The van der Waals surface area contributed by atoms with Gasteiger partial charge < -0.3 is 9.64 Å². The van der Waals surface area contributed by atoms with Crippen molar-refractivity contribution in [2.75, 3.05) is 19.7 Å². The van der Waals surface area contributed by atoms with Crippen molar-refractivity contribution in [1.29, 1.82) is 0 Å². The molecule has 0 amide bonds. The largest absolute Gasteiger partial charge is 0.489 e. The number of piperidine rings is 1. The summed E-state index contributed by atoms with van der Waals surface area (Å²) >= 11 is 0. The Kier molecular flexibility index (Phi) is 5.83. The van der Waals surface area contributed by atoms with E-state index in [9.17, 15) is 0 Å². The number of rotatable bonds is 1. The molecule has 0 aliphatic carbocycles. The van der Waals surface area contributed by atoms with Crippen molar-refractivity contribution in [2.24, 2.45) is 0 Å². The third-order valence-electron chi connectivity index (χ3n) is 3.38. The molecule has 2 nitrogen and oxygen atoms in total. The van der Waals surface area contributed by atoms with Gasteiger partial charge in [-0.3, -0.25) is 0 Å². The first-order chi connectivity index (χ1) is 7.95. The maximum atomic E-state index is 5.64. The first kappa shape index (κ1) is 15.2. The average molecular weight is 288 g/mol. The number of likely N-dealkylation sites (tertiary alicyclic amines) is 1. The number of nitrogens with zero attached hydrogens (tertiary/aromatic N) is 1. The van der Waals surface area contributed by atoms with Gasteiger partial charge in [0.15, 0.2) is 0 Å². The topological polar surface area (TPSA) is 12.5 Å². The summed E-state index contributed by atoms with van der Waals surface area (Å²) in [7, 11) is 0. The molecule has 0 N–H and O–H groups in total. The third-order valence-corrected chi connectivity index (χ3v) is 3.38. The number of hydrogen-bond donors (Lipinski definition) is 0. The SMILES string of the molecule is C1=C(N2CCCCC2)c2ccccc2OC1.Cl.Cl. The van der Waals surface area contributed by atoms with E-state index in [4.69, 9.17) is 4.74 Å². The van der Waals surface area contributed by atoms with Crippen LogP contribution in [0.1, 0.15) is 24.8 Å². The summed E-state index contributed by atoms with van der Waals surface area (Å²) in [4.78, 5) is 2.50. The molecule has 0 atom stereocenters. The van der Waals surface area contributed by atoms with Crippen LogP contribution in [0.5, 0.6) is 5.75 Å². The Bertz CT molecular complexity index is 414. The van der Waals surface area contributed by atoms with E-state index in [1.54, 1.807) is 0 Å². The Labute approximate surface area is 121 Å². The van der Waals surface area contributed by atoms with Crippen LogP contribution < -0.4 is 4.74 Å². The highest BCUT2D eigenvalue weighted by Gasteiger charge is 2.19.